The Morgan fingerprint density at radius 2 is 1.97 bits per heavy atom. The first-order valence-corrected chi connectivity index (χ1v) is 12.1. The number of ether oxygens (including phenoxy) is 1. The third-order valence-corrected chi connectivity index (χ3v) is 7.33. The number of carbonyl (C=O) groups is 1. The van der Waals surface area contributed by atoms with Gasteiger partial charge in [0.25, 0.3) is 11.6 Å². The molecule has 1 amide bonds. The first-order chi connectivity index (χ1) is 15.7. The molecule has 1 fully saturated rings. The number of benzene rings is 2. The molecule has 2 aromatic rings. The highest BCUT2D eigenvalue weighted by molar-refractivity contribution is 7.89. The summed E-state index contributed by atoms with van der Waals surface area (Å²) in [5.74, 6) is -0.243. The molecule has 33 heavy (non-hydrogen) atoms. The molecule has 0 aliphatic carbocycles. The van der Waals surface area contributed by atoms with Crippen molar-refractivity contribution < 1.29 is 22.9 Å². The van der Waals surface area contributed by atoms with Gasteiger partial charge in [-0.3, -0.25) is 14.9 Å². The van der Waals surface area contributed by atoms with E-state index in [1.54, 1.807) is 7.11 Å². The van der Waals surface area contributed by atoms with E-state index in [9.17, 15) is 23.3 Å². The van der Waals surface area contributed by atoms with Crippen LogP contribution in [-0.4, -0.2) is 56.9 Å². The number of hydrogen-bond acceptors (Lipinski definition) is 7. The third-order valence-electron chi connectivity index (χ3n) is 5.45. The lowest BCUT2D eigenvalue weighted by molar-refractivity contribution is -0.384. The van der Waals surface area contributed by atoms with Crippen LogP contribution in [0.2, 0.25) is 0 Å². The van der Waals surface area contributed by atoms with Crippen LogP contribution in [0.15, 0.2) is 47.4 Å². The van der Waals surface area contributed by atoms with E-state index in [-0.39, 0.29) is 16.1 Å². The number of nitro groups is 1. The number of methoxy groups -OCH3 is 1. The molecule has 2 aromatic carbocycles. The van der Waals surface area contributed by atoms with Crippen LogP contribution in [0.25, 0.3) is 0 Å². The quantitative estimate of drug-likeness (QED) is 0.322. The Hall–Kier alpha value is -3.02. The van der Waals surface area contributed by atoms with Crippen molar-refractivity contribution in [3.8, 4) is 0 Å². The number of piperidine rings is 1. The minimum atomic E-state index is -3.60. The number of anilines is 2. The van der Waals surface area contributed by atoms with Crippen molar-refractivity contribution in [3.05, 3.63) is 58.1 Å². The molecule has 178 valence electrons. The molecule has 0 bridgehead atoms. The predicted octanol–water partition coefficient (Wildman–Crippen LogP) is 3.33. The Labute approximate surface area is 193 Å². The van der Waals surface area contributed by atoms with Gasteiger partial charge < -0.3 is 15.4 Å². The molecule has 0 spiro atoms. The number of nitro benzene ring substituents is 1. The summed E-state index contributed by atoms with van der Waals surface area (Å²) in [6.07, 6.45) is 1.84. The van der Waals surface area contributed by atoms with Crippen molar-refractivity contribution >= 4 is 33.0 Å². The highest BCUT2D eigenvalue weighted by Crippen LogP contribution is 2.26. The minimum Gasteiger partial charge on any atom is -0.383 e. The number of non-ortho nitro benzene ring substituents is 1. The van der Waals surface area contributed by atoms with E-state index in [1.807, 2.05) is 6.92 Å². The van der Waals surface area contributed by atoms with Gasteiger partial charge in [-0.05, 0) is 49.1 Å². The van der Waals surface area contributed by atoms with Gasteiger partial charge >= 0.3 is 0 Å². The van der Waals surface area contributed by atoms with Gasteiger partial charge in [-0.15, -0.1) is 0 Å². The van der Waals surface area contributed by atoms with Gasteiger partial charge in [-0.25, -0.2) is 8.42 Å². The molecule has 0 aromatic heterocycles. The Bertz CT molecular complexity index is 1100. The zero-order valence-electron chi connectivity index (χ0n) is 18.6. The summed E-state index contributed by atoms with van der Waals surface area (Å²) in [5.41, 5.74) is 0.683. The summed E-state index contributed by atoms with van der Waals surface area (Å²) >= 11 is 0. The van der Waals surface area contributed by atoms with Crippen molar-refractivity contribution in [1.29, 1.82) is 0 Å². The standard InChI is InChI=1S/C22H28N4O6S/c1-16-4-3-12-25(15-16)33(30,31)19-8-5-17(6-9-19)24-22(27)20-14-18(26(28)29)7-10-21(20)23-11-13-32-2/h5-10,14,16,23H,3-4,11-13,15H2,1-2H3,(H,24,27). The lowest BCUT2D eigenvalue weighted by atomic mass is 10.0. The average Bonchev–Trinajstić information content (AvgIpc) is 2.79. The van der Waals surface area contributed by atoms with Crippen molar-refractivity contribution in [2.75, 3.05) is 44.0 Å². The fourth-order valence-electron chi connectivity index (χ4n) is 3.70. The molecule has 1 heterocycles. The lowest BCUT2D eigenvalue weighted by Gasteiger charge is -2.30. The Morgan fingerprint density at radius 3 is 2.61 bits per heavy atom. The molecule has 0 radical (unpaired) electrons. The van der Waals surface area contributed by atoms with Gasteiger partial charge in [0.15, 0.2) is 0 Å². The Morgan fingerprint density at radius 1 is 1.24 bits per heavy atom. The summed E-state index contributed by atoms with van der Waals surface area (Å²) in [5, 5.41) is 16.9. The van der Waals surface area contributed by atoms with E-state index in [0.717, 1.165) is 12.8 Å². The largest absolute Gasteiger partial charge is 0.383 e. The maximum absolute atomic E-state index is 12.9. The molecule has 3 rings (SSSR count). The molecule has 2 N–H and O–H groups in total. The maximum Gasteiger partial charge on any atom is 0.270 e. The molecule has 1 atom stereocenters. The molecule has 1 saturated heterocycles. The normalized spacial score (nSPS) is 16.8. The van der Waals surface area contributed by atoms with Gasteiger partial charge in [-0.2, -0.15) is 4.31 Å². The fourth-order valence-corrected chi connectivity index (χ4v) is 5.30. The fraction of sp³-hybridized carbons (Fsp3) is 0.409. The van der Waals surface area contributed by atoms with Crippen LogP contribution < -0.4 is 10.6 Å². The van der Waals surface area contributed by atoms with E-state index in [1.165, 1.54) is 46.8 Å². The van der Waals surface area contributed by atoms with Gasteiger partial charge in [0.05, 0.1) is 22.0 Å². The lowest BCUT2D eigenvalue weighted by Crippen LogP contribution is -2.39. The van der Waals surface area contributed by atoms with Crippen molar-refractivity contribution in [1.82, 2.24) is 4.31 Å². The first-order valence-electron chi connectivity index (χ1n) is 10.6. The zero-order valence-corrected chi connectivity index (χ0v) is 19.4. The molecule has 1 unspecified atom stereocenters. The molecule has 1 aliphatic heterocycles. The van der Waals surface area contributed by atoms with Crippen LogP contribution in [0, 0.1) is 16.0 Å². The van der Waals surface area contributed by atoms with Crippen molar-refractivity contribution in [3.63, 3.8) is 0 Å². The van der Waals surface area contributed by atoms with E-state index < -0.39 is 20.9 Å². The van der Waals surface area contributed by atoms with Gasteiger partial charge in [0.1, 0.15) is 0 Å². The number of rotatable bonds is 9. The first kappa shape index (κ1) is 24.6. The number of carbonyl (C=O) groups excluding carboxylic acids is 1. The van der Waals surface area contributed by atoms with Crippen LogP contribution in [0.1, 0.15) is 30.1 Å². The number of amides is 1. The Kier molecular flexibility index (Phi) is 8.01. The summed E-state index contributed by atoms with van der Waals surface area (Å²) < 4.78 is 32.3. The molecular formula is C22H28N4O6S. The molecule has 0 saturated carbocycles. The van der Waals surface area contributed by atoms with Crippen LogP contribution in [0.4, 0.5) is 17.1 Å². The molecular weight excluding hydrogens is 448 g/mol. The highest BCUT2D eigenvalue weighted by atomic mass is 32.2. The monoisotopic (exact) mass is 476 g/mol. The van der Waals surface area contributed by atoms with Gasteiger partial charge in [0.2, 0.25) is 10.0 Å². The number of nitrogens with zero attached hydrogens (tertiary/aromatic N) is 2. The second-order valence-electron chi connectivity index (χ2n) is 8.00. The van der Waals surface area contributed by atoms with Crippen LogP contribution >= 0.6 is 0 Å². The summed E-state index contributed by atoms with van der Waals surface area (Å²) in [4.78, 5) is 23.6. The van der Waals surface area contributed by atoms with Crippen LogP contribution in [-0.2, 0) is 14.8 Å². The summed E-state index contributed by atoms with van der Waals surface area (Å²) in [6.45, 7) is 3.83. The summed E-state index contributed by atoms with van der Waals surface area (Å²) in [7, 11) is -2.06. The maximum atomic E-state index is 12.9. The second-order valence-corrected chi connectivity index (χ2v) is 9.93. The molecule has 1 aliphatic rings. The van der Waals surface area contributed by atoms with E-state index in [2.05, 4.69) is 10.6 Å². The van der Waals surface area contributed by atoms with Crippen molar-refractivity contribution in [2.45, 2.75) is 24.7 Å². The van der Waals surface area contributed by atoms with Crippen molar-refractivity contribution in [2.24, 2.45) is 5.92 Å². The zero-order chi connectivity index (χ0) is 24.0. The van der Waals surface area contributed by atoms with Crippen LogP contribution in [0.5, 0.6) is 0 Å². The highest BCUT2D eigenvalue weighted by Gasteiger charge is 2.28. The minimum absolute atomic E-state index is 0.0966. The topological polar surface area (TPSA) is 131 Å². The average molecular weight is 477 g/mol. The van der Waals surface area contributed by atoms with Gasteiger partial charge in [-0.1, -0.05) is 6.92 Å². The number of hydrogen-bond donors (Lipinski definition) is 2. The predicted molar refractivity (Wildman–Crippen MR) is 125 cm³/mol. The number of nitrogens with one attached hydrogen (secondary N) is 2. The molecule has 11 heteroatoms. The van der Waals surface area contributed by atoms with E-state index in [0.29, 0.717) is 43.5 Å². The van der Waals surface area contributed by atoms with Gasteiger partial charge in [0, 0.05) is 50.3 Å². The van der Waals surface area contributed by atoms with E-state index in [4.69, 9.17) is 4.74 Å². The SMILES string of the molecule is COCCNc1ccc([N+](=O)[O-])cc1C(=O)Nc1ccc(S(=O)(=O)N2CCCC(C)C2)cc1. The smallest absolute Gasteiger partial charge is 0.270 e. The third kappa shape index (κ3) is 6.06. The van der Waals surface area contributed by atoms with E-state index >= 15 is 0 Å². The summed E-state index contributed by atoms with van der Waals surface area (Å²) in [6, 6.07) is 9.90. The number of sulfonamides is 1. The van der Waals surface area contributed by atoms with Crippen LogP contribution in [0.3, 0.4) is 0 Å². The second kappa shape index (κ2) is 10.7. The molecule has 10 nitrogen and oxygen atoms in total. The Balaban J connectivity index is 1.77.